The number of hydrogen-bond donors (Lipinski definition) is 2. The van der Waals surface area contributed by atoms with Gasteiger partial charge >= 0.3 is 0 Å². The molecule has 22 heavy (non-hydrogen) atoms. The maximum Gasteiger partial charge on any atom is 0.250 e. The molecule has 0 saturated carbocycles. The highest BCUT2D eigenvalue weighted by atomic mass is 16.2. The van der Waals surface area contributed by atoms with Crippen LogP contribution in [0.25, 0.3) is 0 Å². The zero-order chi connectivity index (χ0) is 15.5. The van der Waals surface area contributed by atoms with Crippen LogP contribution in [0, 0.1) is 0 Å². The van der Waals surface area contributed by atoms with Crippen molar-refractivity contribution in [1.82, 2.24) is 9.80 Å². The van der Waals surface area contributed by atoms with Crippen LogP contribution in [0.1, 0.15) is 23.2 Å². The van der Waals surface area contributed by atoms with Gasteiger partial charge in [0.2, 0.25) is 5.91 Å². The molecular formula is C16H22N4O2. The zero-order valence-electron chi connectivity index (χ0n) is 12.6. The topological polar surface area (TPSA) is 78.7 Å². The molecule has 0 aromatic heterocycles. The first-order valence-corrected chi connectivity index (χ1v) is 7.78. The second kappa shape index (κ2) is 6.46. The molecule has 2 heterocycles. The van der Waals surface area contributed by atoms with Crippen molar-refractivity contribution in [2.45, 2.75) is 18.9 Å². The fourth-order valence-electron chi connectivity index (χ4n) is 3.40. The lowest BCUT2D eigenvalue weighted by atomic mass is 10.1. The number of nitrogens with one attached hydrogen (secondary N) is 1. The number of para-hydroxylation sites is 1. The Morgan fingerprint density at radius 3 is 2.86 bits per heavy atom. The Morgan fingerprint density at radius 1 is 1.23 bits per heavy atom. The number of amides is 2. The normalized spacial score (nSPS) is 22.3. The number of hydrogen-bond acceptors (Lipinski definition) is 4. The van der Waals surface area contributed by atoms with E-state index in [1.165, 1.54) is 19.4 Å². The summed E-state index contributed by atoms with van der Waals surface area (Å²) < 4.78 is 0. The number of rotatable bonds is 4. The van der Waals surface area contributed by atoms with E-state index in [0.717, 1.165) is 19.6 Å². The molecule has 6 nitrogen and oxygen atoms in total. The smallest absolute Gasteiger partial charge is 0.250 e. The minimum absolute atomic E-state index is 0.0971. The van der Waals surface area contributed by atoms with E-state index in [4.69, 9.17) is 5.73 Å². The molecule has 2 saturated heterocycles. The molecule has 1 aromatic rings. The predicted octanol–water partition coefficient (Wildman–Crippen LogP) is 0.504. The SMILES string of the molecule is NC(=O)c1ccccc1NC(=O)CN1CCN2CCCC2C1. The van der Waals surface area contributed by atoms with E-state index in [0.29, 0.717) is 23.8 Å². The Kier molecular flexibility index (Phi) is 4.40. The fourth-order valence-corrected chi connectivity index (χ4v) is 3.40. The van der Waals surface area contributed by atoms with Crippen LogP contribution in [0.15, 0.2) is 24.3 Å². The first-order valence-electron chi connectivity index (χ1n) is 7.78. The Morgan fingerprint density at radius 2 is 2.05 bits per heavy atom. The van der Waals surface area contributed by atoms with E-state index >= 15 is 0 Å². The summed E-state index contributed by atoms with van der Waals surface area (Å²) in [7, 11) is 0. The molecule has 0 aliphatic carbocycles. The molecule has 0 radical (unpaired) electrons. The van der Waals surface area contributed by atoms with E-state index < -0.39 is 5.91 Å². The van der Waals surface area contributed by atoms with Crippen molar-refractivity contribution in [3.05, 3.63) is 29.8 Å². The maximum atomic E-state index is 12.2. The van der Waals surface area contributed by atoms with Gasteiger partial charge in [0.1, 0.15) is 0 Å². The maximum absolute atomic E-state index is 12.2. The first kappa shape index (κ1) is 15.0. The van der Waals surface area contributed by atoms with Gasteiger partial charge in [-0.15, -0.1) is 0 Å². The standard InChI is InChI=1S/C16H22N4O2/c17-16(22)13-5-1-2-6-14(13)18-15(21)11-19-8-9-20-7-3-4-12(20)10-19/h1-2,5-6,12H,3-4,7-11H2,(H2,17,22)(H,18,21). The number of piperazine rings is 1. The Labute approximate surface area is 130 Å². The van der Waals surface area contributed by atoms with Crippen LogP contribution in [-0.2, 0) is 4.79 Å². The molecular weight excluding hydrogens is 280 g/mol. The third-order valence-corrected chi connectivity index (χ3v) is 4.51. The van der Waals surface area contributed by atoms with Crippen molar-refractivity contribution in [2.75, 3.05) is 38.0 Å². The molecule has 2 aliphatic heterocycles. The molecule has 2 amide bonds. The lowest BCUT2D eigenvalue weighted by Crippen LogP contribution is -2.51. The summed E-state index contributed by atoms with van der Waals surface area (Å²) in [6.45, 7) is 4.45. The van der Waals surface area contributed by atoms with Gasteiger partial charge in [0.15, 0.2) is 0 Å². The highest BCUT2D eigenvalue weighted by Gasteiger charge is 2.31. The molecule has 1 atom stereocenters. The Bertz CT molecular complexity index is 575. The number of anilines is 1. The number of carbonyl (C=O) groups excluding carboxylic acids is 2. The third-order valence-electron chi connectivity index (χ3n) is 4.51. The predicted molar refractivity (Wildman–Crippen MR) is 84.6 cm³/mol. The van der Waals surface area contributed by atoms with Crippen molar-refractivity contribution in [2.24, 2.45) is 5.73 Å². The van der Waals surface area contributed by atoms with Crippen LogP contribution in [0.4, 0.5) is 5.69 Å². The molecule has 1 unspecified atom stereocenters. The number of benzene rings is 1. The lowest BCUT2D eigenvalue weighted by Gasteiger charge is -2.37. The fraction of sp³-hybridized carbons (Fsp3) is 0.500. The van der Waals surface area contributed by atoms with E-state index in [9.17, 15) is 9.59 Å². The molecule has 6 heteroatoms. The summed E-state index contributed by atoms with van der Waals surface area (Å²) in [4.78, 5) is 28.3. The highest BCUT2D eigenvalue weighted by Crippen LogP contribution is 2.21. The van der Waals surface area contributed by atoms with Crippen LogP contribution in [0.3, 0.4) is 0 Å². The Hall–Kier alpha value is -1.92. The summed E-state index contributed by atoms with van der Waals surface area (Å²) in [5.74, 6) is -0.629. The van der Waals surface area contributed by atoms with Crippen LogP contribution in [-0.4, -0.2) is 60.4 Å². The Balaban J connectivity index is 1.58. The van der Waals surface area contributed by atoms with Gasteiger partial charge in [-0.05, 0) is 31.5 Å². The van der Waals surface area contributed by atoms with Gasteiger partial charge in [-0.25, -0.2) is 0 Å². The largest absolute Gasteiger partial charge is 0.366 e. The zero-order valence-corrected chi connectivity index (χ0v) is 12.6. The quantitative estimate of drug-likeness (QED) is 0.849. The van der Waals surface area contributed by atoms with Crippen molar-refractivity contribution in [3.8, 4) is 0 Å². The minimum atomic E-state index is -0.532. The van der Waals surface area contributed by atoms with Gasteiger partial charge in [0.05, 0.1) is 17.8 Å². The summed E-state index contributed by atoms with van der Waals surface area (Å²) >= 11 is 0. The van der Waals surface area contributed by atoms with Gasteiger partial charge in [0, 0.05) is 25.7 Å². The number of nitrogens with two attached hydrogens (primary N) is 1. The monoisotopic (exact) mass is 302 g/mol. The van der Waals surface area contributed by atoms with Crippen molar-refractivity contribution < 1.29 is 9.59 Å². The molecule has 0 spiro atoms. The van der Waals surface area contributed by atoms with Gasteiger partial charge in [0.25, 0.3) is 5.91 Å². The average molecular weight is 302 g/mol. The molecule has 0 bridgehead atoms. The molecule has 3 rings (SSSR count). The van der Waals surface area contributed by atoms with Gasteiger partial charge < -0.3 is 11.1 Å². The number of carbonyl (C=O) groups is 2. The van der Waals surface area contributed by atoms with Gasteiger partial charge in [-0.2, -0.15) is 0 Å². The van der Waals surface area contributed by atoms with Crippen molar-refractivity contribution in [3.63, 3.8) is 0 Å². The van der Waals surface area contributed by atoms with E-state index in [1.54, 1.807) is 24.3 Å². The molecule has 2 aliphatic rings. The first-order chi connectivity index (χ1) is 10.6. The van der Waals surface area contributed by atoms with E-state index in [-0.39, 0.29) is 5.91 Å². The van der Waals surface area contributed by atoms with Crippen LogP contribution >= 0.6 is 0 Å². The molecule has 118 valence electrons. The van der Waals surface area contributed by atoms with Crippen molar-refractivity contribution in [1.29, 1.82) is 0 Å². The van der Waals surface area contributed by atoms with Gasteiger partial charge in [-0.1, -0.05) is 12.1 Å². The summed E-state index contributed by atoms with van der Waals surface area (Å²) in [6.07, 6.45) is 2.49. The lowest BCUT2D eigenvalue weighted by molar-refractivity contribution is -0.117. The summed E-state index contributed by atoms with van der Waals surface area (Å²) in [5.41, 5.74) is 6.16. The summed E-state index contributed by atoms with van der Waals surface area (Å²) in [5, 5.41) is 2.80. The van der Waals surface area contributed by atoms with Crippen LogP contribution in [0.5, 0.6) is 0 Å². The molecule has 3 N–H and O–H groups in total. The van der Waals surface area contributed by atoms with E-state index in [2.05, 4.69) is 15.1 Å². The number of primary amides is 1. The van der Waals surface area contributed by atoms with Crippen LogP contribution in [0.2, 0.25) is 0 Å². The highest BCUT2D eigenvalue weighted by molar-refractivity contribution is 6.03. The van der Waals surface area contributed by atoms with Gasteiger partial charge in [-0.3, -0.25) is 19.4 Å². The molecule has 2 fully saturated rings. The summed E-state index contributed by atoms with van der Waals surface area (Å²) in [6, 6.07) is 7.43. The second-order valence-electron chi connectivity index (χ2n) is 6.03. The van der Waals surface area contributed by atoms with Crippen molar-refractivity contribution >= 4 is 17.5 Å². The minimum Gasteiger partial charge on any atom is -0.366 e. The molecule has 1 aromatic carbocycles. The second-order valence-corrected chi connectivity index (χ2v) is 6.03. The van der Waals surface area contributed by atoms with E-state index in [1.807, 2.05) is 0 Å². The average Bonchev–Trinajstić information content (AvgIpc) is 2.95. The van der Waals surface area contributed by atoms with Crippen LogP contribution < -0.4 is 11.1 Å². The number of fused-ring (bicyclic) bond motifs is 1. The number of nitrogens with zero attached hydrogens (tertiary/aromatic N) is 2. The third kappa shape index (κ3) is 3.28.